The summed E-state index contributed by atoms with van der Waals surface area (Å²) in [5.74, 6) is 0.554. The molecule has 31 heavy (non-hydrogen) atoms. The summed E-state index contributed by atoms with van der Waals surface area (Å²) >= 11 is 1.39. The van der Waals surface area contributed by atoms with Gasteiger partial charge in [-0.15, -0.1) is 11.8 Å². The number of nitrogens with one attached hydrogen (secondary N) is 1. The lowest BCUT2D eigenvalue weighted by Gasteiger charge is -2.16. The van der Waals surface area contributed by atoms with Crippen LogP contribution < -0.4 is 5.32 Å². The molecular formula is C23H25N3O4S. The zero-order chi connectivity index (χ0) is 22.4. The molecule has 0 fully saturated rings. The van der Waals surface area contributed by atoms with E-state index in [2.05, 4.69) is 15.5 Å². The molecule has 7 nitrogen and oxygen atoms in total. The Balaban J connectivity index is 1.55. The Labute approximate surface area is 185 Å². The van der Waals surface area contributed by atoms with E-state index in [1.165, 1.54) is 17.3 Å². The average molecular weight is 440 g/mol. The Hall–Kier alpha value is -3.13. The first kappa shape index (κ1) is 22.6. The summed E-state index contributed by atoms with van der Waals surface area (Å²) in [6.07, 6.45) is 0. The fourth-order valence-electron chi connectivity index (χ4n) is 2.91. The van der Waals surface area contributed by atoms with Crippen molar-refractivity contribution in [3.05, 3.63) is 76.4 Å². The van der Waals surface area contributed by atoms with Crippen LogP contribution in [-0.4, -0.2) is 28.6 Å². The van der Waals surface area contributed by atoms with E-state index in [0.717, 1.165) is 11.1 Å². The van der Waals surface area contributed by atoms with Gasteiger partial charge in [-0.25, -0.2) is 4.79 Å². The van der Waals surface area contributed by atoms with Crippen molar-refractivity contribution in [1.82, 2.24) is 15.5 Å². The molecule has 0 bridgehead atoms. The van der Waals surface area contributed by atoms with Crippen molar-refractivity contribution >= 4 is 23.6 Å². The molecule has 162 valence electrons. The van der Waals surface area contributed by atoms with Crippen molar-refractivity contribution in [1.29, 1.82) is 0 Å². The van der Waals surface area contributed by atoms with Crippen LogP contribution in [0.5, 0.6) is 0 Å². The maximum absolute atomic E-state index is 12.6. The second kappa shape index (κ2) is 10.3. The van der Waals surface area contributed by atoms with Gasteiger partial charge in [0.1, 0.15) is 0 Å². The number of aromatic nitrogens is 2. The third-order valence-corrected chi connectivity index (χ3v) is 5.83. The SMILES string of the molecule is Cc1noc(CSc2ccccc2C(=O)OCC(=O)NC(C)c2ccc(C)c(C)c2)n1. The molecule has 1 atom stereocenters. The number of carbonyl (C=O) groups is 2. The van der Waals surface area contributed by atoms with Crippen LogP contribution in [0.25, 0.3) is 0 Å². The van der Waals surface area contributed by atoms with Gasteiger partial charge in [-0.1, -0.05) is 35.5 Å². The van der Waals surface area contributed by atoms with Crippen LogP contribution in [0, 0.1) is 20.8 Å². The number of carbonyl (C=O) groups excluding carboxylic acids is 2. The Morgan fingerprint density at radius 1 is 1.13 bits per heavy atom. The highest BCUT2D eigenvalue weighted by Crippen LogP contribution is 2.26. The minimum Gasteiger partial charge on any atom is -0.452 e. The highest BCUT2D eigenvalue weighted by Gasteiger charge is 2.17. The molecule has 3 aromatic rings. The van der Waals surface area contributed by atoms with Crippen molar-refractivity contribution in [2.75, 3.05) is 6.61 Å². The van der Waals surface area contributed by atoms with E-state index in [1.807, 2.05) is 51.1 Å². The summed E-state index contributed by atoms with van der Waals surface area (Å²) in [5.41, 5.74) is 3.75. The highest BCUT2D eigenvalue weighted by atomic mass is 32.2. The predicted molar refractivity (Wildman–Crippen MR) is 118 cm³/mol. The average Bonchev–Trinajstić information content (AvgIpc) is 3.17. The van der Waals surface area contributed by atoms with Crippen molar-refractivity contribution < 1.29 is 18.8 Å². The van der Waals surface area contributed by atoms with E-state index in [4.69, 9.17) is 9.26 Å². The van der Waals surface area contributed by atoms with Crippen LogP contribution in [0.3, 0.4) is 0 Å². The molecule has 0 radical (unpaired) electrons. The van der Waals surface area contributed by atoms with E-state index in [0.29, 0.717) is 27.9 Å². The fraction of sp³-hybridized carbons (Fsp3) is 0.304. The maximum Gasteiger partial charge on any atom is 0.339 e. The number of benzene rings is 2. The molecule has 1 unspecified atom stereocenters. The van der Waals surface area contributed by atoms with Gasteiger partial charge in [0.25, 0.3) is 5.91 Å². The Bertz CT molecular complexity index is 1080. The molecule has 8 heteroatoms. The highest BCUT2D eigenvalue weighted by molar-refractivity contribution is 7.98. The molecule has 0 aliphatic carbocycles. The summed E-state index contributed by atoms with van der Waals surface area (Å²) in [7, 11) is 0. The quantitative estimate of drug-likeness (QED) is 0.412. The normalized spacial score (nSPS) is 11.7. The van der Waals surface area contributed by atoms with Crippen LogP contribution in [0.2, 0.25) is 0 Å². The van der Waals surface area contributed by atoms with Gasteiger partial charge in [0, 0.05) is 4.90 Å². The van der Waals surface area contributed by atoms with E-state index >= 15 is 0 Å². The lowest BCUT2D eigenvalue weighted by molar-refractivity contribution is -0.124. The molecular weight excluding hydrogens is 414 g/mol. The van der Waals surface area contributed by atoms with Gasteiger partial charge in [0.15, 0.2) is 12.4 Å². The third-order valence-electron chi connectivity index (χ3n) is 4.77. The number of esters is 1. The van der Waals surface area contributed by atoms with Crippen LogP contribution in [0.4, 0.5) is 0 Å². The van der Waals surface area contributed by atoms with E-state index in [1.54, 1.807) is 19.1 Å². The number of nitrogens with zero attached hydrogens (tertiary/aromatic N) is 2. The number of amides is 1. The van der Waals surface area contributed by atoms with E-state index in [-0.39, 0.29) is 18.6 Å². The molecule has 0 aliphatic rings. The number of thioether (sulfide) groups is 1. The topological polar surface area (TPSA) is 94.3 Å². The van der Waals surface area contributed by atoms with Gasteiger partial charge in [-0.05, 0) is 56.5 Å². The minimum absolute atomic E-state index is 0.189. The Morgan fingerprint density at radius 2 is 1.90 bits per heavy atom. The molecule has 1 heterocycles. The smallest absolute Gasteiger partial charge is 0.339 e. The van der Waals surface area contributed by atoms with Crippen LogP contribution in [0.15, 0.2) is 51.9 Å². The number of hydrogen-bond donors (Lipinski definition) is 1. The van der Waals surface area contributed by atoms with Gasteiger partial charge in [0.05, 0.1) is 17.4 Å². The summed E-state index contributed by atoms with van der Waals surface area (Å²) in [5, 5.41) is 6.62. The molecule has 1 aromatic heterocycles. The first-order valence-electron chi connectivity index (χ1n) is 9.88. The van der Waals surface area contributed by atoms with Gasteiger partial charge >= 0.3 is 5.97 Å². The number of ether oxygens (including phenoxy) is 1. The molecule has 1 amide bonds. The van der Waals surface area contributed by atoms with Crippen molar-refractivity contribution in [3.63, 3.8) is 0 Å². The molecule has 0 saturated carbocycles. The van der Waals surface area contributed by atoms with Gasteiger partial charge in [-0.2, -0.15) is 4.98 Å². The first-order valence-corrected chi connectivity index (χ1v) is 10.9. The Morgan fingerprint density at radius 3 is 2.61 bits per heavy atom. The number of hydrogen-bond acceptors (Lipinski definition) is 7. The summed E-state index contributed by atoms with van der Waals surface area (Å²) in [6, 6.07) is 12.9. The van der Waals surface area contributed by atoms with E-state index in [9.17, 15) is 9.59 Å². The molecule has 3 rings (SSSR count). The lowest BCUT2D eigenvalue weighted by atomic mass is 10.0. The monoisotopic (exact) mass is 439 g/mol. The van der Waals surface area contributed by atoms with Crippen LogP contribution in [-0.2, 0) is 15.3 Å². The molecule has 0 spiro atoms. The maximum atomic E-state index is 12.6. The minimum atomic E-state index is -0.557. The molecule has 2 aromatic carbocycles. The predicted octanol–water partition coefficient (Wildman–Crippen LogP) is 4.32. The third kappa shape index (κ3) is 6.18. The van der Waals surface area contributed by atoms with E-state index < -0.39 is 5.97 Å². The van der Waals surface area contributed by atoms with Crippen molar-refractivity contribution in [2.24, 2.45) is 0 Å². The van der Waals surface area contributed by atoms with Crippen LogP contribution >= 0.6 is 11.8 Å². The Kier molecular flexibility index (Phi) is 7.46. The standard InChI is InChI=1S/C23H25N3O4S/c1-14-9-10-18(11-15(14)2)16(3)24-21(27)12-29-23(28)19-7-5-6-8-20(19)31-13-22-25-17(4)26-30-22/h5-11,16H,12-13H2,1-4H3,(H,24,27). The van der Waals surface area contributed by atoms with Gasteiger partial charge < -0.3 is 14.6 Å². The van der Waals surface area contributed by atoms with Crippen LogP contribution in [0.1, 0.15) is 51.7 Å². The zero-order valence-electron chi connectivity index (χ0n) is 18.0. The summed E-state index contributed by atoms with van der Waals surface area (Å²) in [6.45, 7) is 7.37. The number of aryl methyl sites for hydroxylation is 3. The summed E-state index contributed by atoms with van der Waals surface area (Å²) in [4.78, 5) is 29.7. The van der Waals surface area contributed by atoms with Crippen molar-refractivity contribution in [3.8, 4) is 0 Å². The largest absolute Gasteiger partial charge is 0.452 e. The first-order chi connectivity index (χ1) is 14.8. The zero-order valence-corrected chi connectivity index (χ0v) is 18.8. The van der Waals surface area contributed by atoms with Crippen molar-refractivity contribution in [2.45, 2.75) is 44.4 Å². The fourth-order valence-corrected chi connectivity index (χ4v) is 3.79. The summed E-state index contributed by atoms with van der Waals surface area (Å²) < 4.78 is 10.4. The number of rotatable bonds is 8. The molecule has 0 aliphatic heterocycles. The van der Waals surface area contributed by atoms with Gasteiger partial charge in [-0.3, -0.25) is 4.79 Å². The second-order valence-electron chi connectivity index (χ2n) is 7.23. The molecule has 0 saturated heterocycles. The molecule has 1 N–H and O–H groups in total. The van der Waals surface area contributed by atoms with Gasteiger partial charge in [0.2, 0.25) is 5.89 Å². The second-order valence-corrected chi connectivity index (χ2v) is 8.25. The lowest BCUT2D eigenvalue weighted by Crippen LogP contribution is -2.31.